The van der Waals surface area contributed by atoms with Crippen molar-refractivity contribution in [3.05, 3.63) is 51.6 Å². The number of hydrogen-bond donors (Lipinski definition) is 1. The van der Waals surface area contributed by atoms with Gasteiger partial charge in [-0.05, 0) is 36.1 Å². The summed E-state index contributed by atoms with van der Waals surface area (Å²) in [5, 5.41) is 15.4. The van der Waals surface area contributed by atoms with Gasteiger partial charge in [0.15, 0.2) is 0 Å². The minimum atomic E-state index is -0.757. The van der Waals surface area contributed by atoms with Gasteiger partial charge in [0.1, 0.15) is 11.0 Å². The molecule has 2 rings (SSSR count). The molecule has 0 aliphatic heterocycles. The van der Waals surface area contributed by atoms with Gasteiger partial charge in [0.2, 0.25) is 0 Å². The Morgan fingerprint density at radius 3 is 2.62 bits per heavy atom. The zero-order valence-corrected chi connectivity index (χ0v) is 13.4. The van der Waals surface area contributed by atoms with Crippen LogP contribution in [0.15, 0.2) is 18.2 Å². The van der Waals surface area contributed by atoms with Gasteiger partial charge >= 0.3 is 0 Å². The number of aryl methyl sites for hydroxylation is 2. The molecule has 1 aromatic carbocycles. The van der Waals surface area contributed by atoms with Gasteiger partial charge in [-0.3, -0.25) is 4.68 Å². The maximum Gasteiger partial charge on any atom is 0.132 e. The van der Waals surface area contributed by atoms with Crippen LogP contribution in [0.3, 0.4) is 0 Å². The highest BCUT2D eigenvalue weighted by Gasteiger charge is 2.24. The van der Waals surface area contributed by atoms with Crippen molar-refractivity contribution in [2.24, 2.45) is 7.05 Å². The molecule has 114 valence electrons. The highest BCUT2D eigenvalue weighted by Crippen LogP contribution is 2.33. The maximum absolute atomic E-state index is 13.1. The Kier molecular flexibility index (Phi) is 4.69. The second-order valence-electron chi connectivity index (χ2n) is 5.66. The molecule has 3 nitrogen and oxygen atoms in total. The molecule has 0 saturated carbocycles. The number of benzene rings is 1. The predicted molar refractivity (Wildman–Crippen MR) is 82.1 cm³/mol. The molecule has 0 saturated heterocycles. The number of aliphatic hydroxyl groups is 1. The fourth-order valence-electron chi connectivity index (χ4n) is 2.47. The van der Waals surface area contributed by atoms with E-state index < -0.39 is 6.10 Å². The molecule has 2 aromatic rings. The van der Waals surface area contributed by atoms with Crippen LogP contribution < -0.4 is 0 Å². The number of halogens is 2. The zero-order chi connectivity index (χ0) is 15.7. The van der Waals surface area contributed by atoms with Gasteiger partial charge < -0.3 is 5.11 Å². The minimum Gasteiger partial charge on any atom is -0.388 e. The molecule has 0 aliphatic carbocycles. The first kappa shape index (κ1) is 16.0. The van der Waals surface area contributed by atoms with Crippen molar-refractivity contribution in [1.29, 1.82) is 0 Å². The molecule has 21 heavy (non-hydrogen) atoms. The smallest absolute Gasteiger partial charge is 0.132 e. The lowest BCUT2D eigenvalue weighted by molar-refractivity contribution is 0.177. The average Bonchev–Trinajstić information content (AvgIpc) is 2.69. The largest absolute Gasteiger partial charge is 0.388 e. The second-order valence-corrected chi connectivity index (χ2v) is 6.02. The molecule has 0 radical (unpaired) electrons. The van der Waals surface area contributed by atoms with Gasteiger partial charge in [0.05, 0.1) is 11.8 Å². The number of hydrogen-bond acceptors (Lipinski definition) is 2. The van der Waals surface area contributed by atoms with Gasteiger partial charge in [-0.15, -0.1) is 0 Å². The molecule has 1 N–H and O–H groups in total. The summed E-state index contributed by atoms with van der Waals surface area (Å²) in [4.78, 5) is 0. The molecule has 0 amide bonds. The van der Waals surface area contributed by atoms with E-state index in [0.717, 1.165) is 16.8 Å². The third-order valence-electron chi connectivity index (χ3n) is 3.64. The van der Waals surface area contributed by atoms with Crippen LogP contribution in [0, 0.1) is 12.7 Å². The van der Waals surface area contributed by atoms with Crippen LogP contribution in [0.2, 0.25) is 5.15 Å². The van der Waals surface area contributed by atoms with Crippen molar-refractivity contribution in [3.8, 4) is 0 Å². The third-order valence-corrected chi connectivity index (χ3v) is 4.09. The summed E-state index contributed by atoms with van der Waals surface area (Å²) >= 11 is 6.26. The standard InChI is InChI=1S/C16H20ClFN2O/c1-9(2)15-14(16(17)20(4)19-15)13(21)8-11-5-6-12(18)7-10(11)3/h5-7,9,13,21H,8H2,1-4H3. The lowest BCUT2D eigenvalue weighted by Gasteiger charge is -2.15. The topological polar surface area (TPSA) is 38.1 Å². The predicted octanol–water partition coefficient (Wildman–Crippen LogP) is 3.92. The Balaban J connectivity index is 2.34. The molecular formula is C16H20ClFN2O. The van der Waals surface area contributed by atoms with Crippen LogP contribution >= 0.6 is 11.6 Å². The Hall–Kier alpha value is -1.39. The van der Waals surface area contributed by atoms with Gasteiger partial charge in [-0.2, -0.15) is 5.10 Å². The van der Waals surface area contributed by atoms with Crippen LogP contribution in [0.4, 0.5) is 4.39 Å². The van der Waals surface area contributed by atoms with Crippen LogP contribution in [-0.4, -0.2) is 14.9 Å². The molecule has 1 aromatic heterocycles. The van der Waals surface area contributed by atoms with E-state index in [2.05, 4.69) is 5.10 Å². The summed E-state index contributed by atoms with van der Waals surface area (Å²) in [6, 6.07) is 4.58. The highest BCUT2D eigenvalue weighted by molar-refractivity contribution is 6.30. The molecule has 0 fully saturated rings. The van der Waals surface area contributed by atoms with E-state index in [4.69, 9.17) is 11.6 Å². The van der Waals surface area contributed by atoms with E-state index in [1.807, 2.05) is 20.8 Å². The van der Waals surface area contributed by atoms with Crippen molar-refractivity contribution < 1.29 is 9.50 Å². The van der Waals surface area contributed by atoms with E-state index in [1.165, 1.54) is 12.1 Å². The molecule has 1 atom stereocenters. The SMILES string of the molecule is Cc1cc(F)ccc1CC(O)c1c(C(C)C)nn(C)c1Cl. The first-order valence-electron chi connectivity index (χ1n) is 6.96. The third kappa shape index (κ3) is 3.27. The number of aromatic nitrogens is 2. The van der Waals surface area contributed by atoms with Gasteiger partial charge in [-0.25, -0.2) is 4.39 Å². The summed E-state index contributed by atoms with van der Waals surface area (Å²) in [5.41, 5.74) is 3.19. The van der Waals surface area contributed by atoms with Crippen molar-refractivity contribution in [2.75, 3.05) is 0 Å². The first-order valence-corrected chi connectivity index (χ1v) is 7.34. The lowest BCUT2D eigenvalue weighted by Crippen LogP contribution is -2.07. The number of rotatable bonds is 4. The Labute approximate surface area is 129 Å². The summed E-state index contributed by atoms with van der Waals surface area (Å²) in [5.74, 6) is -0.101. The number of nitrogens with zero attached hydrogens (tertiary/aromatic N) is 2. The summed E-state index contributed by atoms with van der Waals surface area (Å²) in [7, 11) is 1.76. The fraction of sp³-hybridized carbons (Fsp3) is 0.438. The molecular weight excluding hydrogens is 291 g/mol. The summed E-state index contributed by atoms with van der Waals surface area (Å²) < 4.78 is 14.7. The quantitative estimate of drug-likeness (QED) is 0.929. The molecule has 1 heterocycles. The van der Waals surface area contributed by atoms with Crippen LogP contribution in [0.1, 0.15) is 48.3 Å². The minimum absolute atomic E-state index is 0.169. The number of aliphatic hydroxyl groups excluding tert-OH is 1. The molecule has 0 aliphatic rings. The normalized spacial score (nSPS) is 13.0. The molecule has 1 unspecified atom stereocenters. The highest BCUT2D eigenvalue weighted by atomic mass is 35.5. The first-order chi connectivity index (χ1) is 9.81. The van der Waals surface area contributed by atoms with E-state index in [9.17, 15) is 9.50 Å². The van der Waals surface area contributed by atoms with Crippen LogP contribution in [-0.2, 0) is 13.5 Å². The van der Waals surface area contributed by atoms with E-state index in [0.29, 0.717) is 17.1 Å². The van der Waals surface area contributed by atoms with Gasteiger partial charge in [0.25, 0.3) is 0 Å². The van der Waals surface area contributed by atoms with Gasteiger partial charge in [-0.1, -0.05) is 31.5 Å². The van der Waals surface area contributed by atoms with Crippen molar-refractivity contribution in [2.45, 2.75) is 39.2 Å². The second kappa shape index (κ2) is 6.16. The average molecular weight is 311 g/mol. The molecule has 0 spiro atoms. The molecule has 5 heteroatoms. The Morgan fingerprint density at radius 2 is 2.05 bits per heavy atom. The lowest BCUT2D eigenvalue weighted by atomic mass is 9.95. The Bertz CT molecular complexity index is 652. The maximum atomic E-state index is 13.1. The zero-order valence-electron chi connectivity index (χ0n) is 12.7. The van der Waals surface area contributed by atoms with Crippen molar-refractivity contribution in [3.63, 3.8) is 0 Å². The van der Waals surface area contributed by atoms with Gasteiger partial charge in [0, 0.05) is 19.0 Å². The van der Waals surface area contributed by atoms with E-state index in [-0.39, 0.29) is 11.7 Å². The van der Waals surface area contributed by atoms with Crippen LogP contribution in [0.25, 0.3) is 0 Å². The fourth-order valence-corrected chi connectivity index (χ4v) is 2.73. The van der Waals surface area contributed by atoms with Crippen molar-refractivity contribution in [1.82, 2.24) is 9.78 Å². The Morgan fingerprint density at radius 1 is 1.38 bits per heavy atom. The van der Waals surface area contributed by atoms with E-state index >= 15 is 0 Å². The van der Waals surface area contributed by atoms with Crippen LogP contribution in [0.5, 0.6) is 0 Å². The van der Waals surface area contributed by atoms with E-state index in [1.54, 1.807) is 17.8 Å². The summed E-state index contributed by atoms with van der Waals surface area (Å²) in [6.45, 7) is 5.86. The summed E-state index contributed by atoms with van der Waals surface area (Å²) in [6.07, 6.45) is -0.371. The monoisotopic (exact) mass is 310 g/mol. The molecule has 0 bridgehead atoms. The van der Waals surface area contributed by atoms with Crippen molar-refractivity contribution >= 4 is 11.6 Å².